The number of aromatic nitrogens is 1. The number of rotatable bonds is 6. The zero-order valence-corrected chi connectivity index (χ0v) is 17.5. The molecule has 0 bridgehead atoms. The van der Waals surface area contributed by atoms with Gasteiger partial charge in [-0.3, -0.25) is 14.5 Å². The van der Waals surface area contributed by atoms with Gasteiger partial charge in [-0.2, -0.15) is 0 Å². The number of likely N-dealkylation sites (N-methyl/N-ethyl adjacent to an activating group) is 1. The second-order valence-electron chi connectivity index (χ2n) is 6.62. The fraction of sp³-hybridized carbons (Fsp3) is 0.190. The van der Waals surface area contributed by atoms with E-state index in [9.17, 15) is 9.59 Å². The van der Waals surface area contributed by atoms with Crippen LogP contribution in [0.2, 0.25) is 0 Å². The van der Waals surface area contributed by atoms with Gasteiger partial charge in [0.1, 0.15) is 12.2 Å². The van der Waals surface area contributed by atoms with Gasteiger partial charge < -0.3 is 15.2 Å². The highest BCUT2D eigenvalue weighted by molar-refractivity contribution is 7.80. The summed E-state index contributed by atoms with van der Waals surface area (Å²) in [7, 11) is 0. The van der Waals surface area contributed by atoms with E-state index in [1.54, 1.807) is 17.4 Å². The smallest absolute Gasteiger partial charge is 0.276 e. The van der Waals surface area contributed by atoms with Crippen LogP contribution in [0.5, 0.6) is 0 Å². The van der Waals surface area contributed by atoms with Gasteiger partial charge in [0.15, 0.2) is 5.11 Å². The van der Waals surface area contributed by atoms with Crippen LogP contribution >= 0.6 is 23.6 Å². The minimum absolute atomic E-state index is 0.0632. The molecule has 1 fully saturated rings. The predicted molar refractivity (Wildman–Crippen MR) is 119 cm³/mol. The first-order valence-corrected chi connectivity index (χ1v) is 10.6. The van der Waals surface area contributed by atoms with Crippen molar-refractivity contribution in [2.24, 2.45) is 0 Å². The molecule has 3 heterocycles. The maximum absolute atomic E-state index is 12.5. The van der Waals surface area contributed by atoms with Gasteiger partial charge in [-0.1, -0.05) is 24.3 Å². The maximum atomic E-state index is 12.5. The molecule has 8 heteroatoms. The van der Waals surface area contributed by atoms with Crippen LogP contribution in [-0.4, -0.2) is 32.9 Å². The Balaban J connectivity index is 1.59. The quantitative estimate of drug-likeness (QED) is 0.471. The average Bonchev–Trinajstić information content (AvgIpc) is 3.41. The third kappa shape index (κ3) is 3.94. The first-order chi connectivity index (χ1) is 14.1. The molecule has 1 aliphatic heterocycles. The maximum Gasteiger partial charge on any atom is 0.276 e. The Bertz CT molecular complexity index is 1120. The van der Waals surface area contributed by atoms with Gasteiger partial charge in [-0.05, 0) is 42.7 Å². The average molecular weight is 425 g/mol. The molecule has 0 atom stereocenters. The number of fused-ring (bicyclic) bond motifs is 1. The van der Waals surface area contributed by atoms with E-state index in [1.807, 2.05) is 59.5 Å². The molecule has 0 aliphatic carbocycles. The molecule has 0 spiro atoms. The highest BCUT2D eigenvalue weighted by atomic mass is 32.1. The monoisotopic (exact) mass is 424 g/mol. The summed E-state index contributed by atoms with van der Waals surface area (Å²) in [5, 5.41) is 9.32. The van der Waals surface area contributed by atoms with Gasteiger partial charge >= 0.3 is 0 Å². The molecule has 1 aromatic carbocycles. The van der Waals surface area contributed by atoms with Crippen LogP contribution in [0.15, 0.2) is 53.7 Å². The fourth-order valence-electron chi connectivity index (χ4n) is 3.34. The van der Waals surface area contributed by atoms with E-state index >= 15 is 0 Å². The second kappa shape index (κ2) is 8.18. The van der Waals surface area contributed by atoms with Crippen molar-refractivity contribution in [2.75, 3.05) is 6.54 Å². The summed E-state index contributed by atoms with van der Waals surface area (Å²) in [5.41, 5.74) is 2.25. The Kier molecular flexibility index (Phi) is 5.46. The molecule has 2 amide bonds. The van der Waals surface area contributed by atoms with Crippen molar-refractivity contribution < 1.29 is 9.59 Å². The Hall–Kier alpha value is -2.97. The third-order valence-corrected chi connectivity index (χ3v) is 5.95. The van der Waals surface area contributed by atoms with E-state index in [2.05, 4.69) is 10.6 Å². The summed E-state index contributed by atoms with van der Waals surface area (Å²) in [6.07, 6.45) is 3.70. The highest BCUT2D eigenvalue weighted by Crippen LogP contribution is 2.24. The Morgan fingerprint density at radius 2 is 2.10 bits per heavy atom. The molecular weight excluding hydrogens is 404 g/mol. The Morgan fingerprint density at radius 3 is 2.83 bits per heavy atom. The van der Waals surface area contributed by atoms with Crippen LogP contribution in [0.1, 0.15) is 17.4 Å². The molecule has 4 rings (SSSR count). The lowest BCUT2D eigenvalue weighted by Gasteiger charge is -2.08. The number of hydrogen-bond acceptors (Lipinski definition) is 4. The second-order valence-corrected chi connectivity index (χ2v) is 8.04. The largest absolute Gasteiger partial charge is 0.350 e. The molecule has 3 aromatic rings. The van der Waals surface area contributed by atoms with Gasteiger partial charge in [0.05, 0.1) is 6.54 Å². The molecule has 6 nitrogen and oxygen atoms in total. The highest BCUT2D eigenvalue weighted by Gasteiger charge is 2.29. The van der Waals surface area contributed by atoms with Crippen molar-refractivity contribution >= 4 is 57.5 Å². The lowest BCUT2D eigenvalue weighted by atomic mass is 10.1. The number of thiocarbonyl (C=S) groups is 1. The SMILES string of the molecule is CCN1C(=O)/C(=C/c2cn(CC(=O)NCc3cccs3)c3ccccc23)NC1=S. The lowest BCUT2D eigenvalue weighted by molar-refractivity contribution is -0.122. The Morgan fingerprint density at radius 1 is 1.28 bits per heavy atom. The molecule has 0 saturated carbocycles. The first kappa shape index (κ1) is 19.4. The summed E-state index contributed by atoms with van der Waals surface area (Å²) in [6.45, 7) is 3.13. The number of thiophene rings is 1. The summed E-state index contributed by atoms with van der Waals surface area (Å²) in [6, 6.07) is 11.8. The van der Waals surface area contributed by atoms with Crippen molar-refractivity contribution in [3.8, 4) is 0 Å². The van der Waals surface area contributed by atoms with E-state index in [-0.39, 0.29) is 18.4 Å². The van der Waals surface area contributed by atoms with Crippen LogP contribution < -0.4 is 10.6 Å². The number of hydrogen-bond donors (Lipinski definition) is 2. The standard InChI is InChI=1S/C21H20N4O2S2/c1-2-25-20(27)17(23-21(25)28)10-14-12-24(18-8-4-3-7-16(14)18)13-19(26)22-11-15-6-5-9-29-15/h3-10,12H,2,11,13H2,1H3,(H,22,26)(H,23,28)/b17-10-. The normalized spacial score (nSPS) is 15.3. The Labute approximate surface area is 177 Å². The molecule has 0 radical (unpaired) electrons. The zero-order valence-electron chi connectivity index (χ0n) is 15.8. The lowest BCUT2D eigenvalue weighted by Crippen LogP contribution is -2.30. The third-order valence-electron chi connectivity index (χ3n) is 4.75. The van der Waals surface area contributed by atoms with E-state index in [0.717, 1.165) is 21.3 Å². The number of carbonyl (C=O) groups excluding carboxylic acids is 2. The van der Waals surface area contributed by atoms with E-state index in [4.69, 9.17) is 12.2 Å². The minimum atomic E-state index is -0.136. The number of para-hydroxylation sites is 1. The van der Waals surface area contributed by atoms with Crippen molar-refractivity contribution in [3.05, 3.63) is 64.1 Å². The number of benzene rings is 1. The number of carbonyl (C=O) groups is 2. The van der Waals surface area contributed by atoms with E-state index in [0.29, 0.717) is 23.9 Å². The van der Waals surface area contributed by atoms with Crippen molar-refractivity contribution in [3.63, 3.8) is 0 Å². The molecule has 2 aromatic heterocycles. The minimum Gasteiger partial charge on any atom is -0.350 e. The van der Waals surface area contributed by atoms with Gasteiger partial charge in [0.25, 0.3) is 5.91 Å². The van der Waals surface area contributed by atoms with Gasteiger partial charge in [0, 0.05) is 34.1 Å². The predicted octanol–water partition coefficient (Wildman–Crippen LogP) is 3.10. The molecular formula is C21H20N4O2S2. The number of amides is 2. The van der Waals surface area contributed by atoms with Gasteiger partial charge in [-0.15, -0.1) is 11.3 Å². The van der Waals surface area contributed by atoms with Gasteiger partial charge in [-0.25, -0.2) is 0 Å². The number of nitrogens with one attached hydrogen (secondary N) is 2. The molecule has 29 heavy (non-hydrogen) atoms. The van der Waals surface area contributed by atoms with Crippen LogP contribution in [0.4, 0.5) is 0 Å². The summed E-state index contributed by atoms with van der Waals surface area (Å²) in [5.74, 6) is -0.199. The molecule has 0 unspecified atom stereocenters. The van der Waals surface area contributed by atoms with Crippen LogP contribution in [0.3, 0.4) is 0 Å². The van der Waals surface area contributed by atoms with Crippen molar-refractivity contribution in [2.45, 2.75) is 20.0 Å². The molecule has 1 saturated heterocycles. The van der Waals surface area contributed by atoms with Crippen LogP contribution in [0, 0.1) is 0 Å². The topological polar surface area (TPSA) is 66.4 Å². The van der Waals surface area contributed by atoms with Crippen LogP contribution in [-0.2, 0) is 22.7 Å². The fourth-order valence-corrected chi connectivity index (χ4v) is 4.31. The number of nitrogens with zero attached hydrogens (tertiary/aromatic N) is 2. The van der Waals surface area contributed by atoms with Gasteiger partial charge in [0.2, 0.25) is 5.91 Å². The van der Waals surface area contributed by atoms with E-state index in [1.165, 1.54) is 4.90 Å². The van der Waals surface area contributed by atoms with Crippen molar-refractivity contribution in [1.29, 1.82) is 0 Å². The van der Waals surface area contributed by atoms with E-state index < -0.39 is 0 Å². The van der Waals surface area contributed by atoms with Crippen LogP contribution in [0.25, 0.3) is 17.0 Å². The zero-order chi connectivity index (χ0) is 20.4. The summed E-state index contributed by atoms with van der Waals surface area (Å²) in [4.78, 5) is 27.6. The summed E-state index contributed by atoms with van der Waals surface area (Å²) >= 11 is 6.84. The molecule has 2 N–H and O–H groups in total. The summed E-state index contributed by atoms with van der Waals surface area (Å²) < 4.78 is 1.90. The molecule has 1 aliphatic rings. The molecule has 148 valence electrons. The first-order valence-electron chi connectivity index (χ1n) is 9.28. The van der Waals surface area contributed by atoms with Crippen molar-refractivity contribution in [1.82, 2.24) is 20.1 Å².